The topological polar surface area (TPSA) is 47.9 Å². The number of ether oxygens (including phenoxy) is 1. The minimum atomic E-state index is 0.565. The summed E-state index contributed by atoms with van der Waals surface area (Å²) in [7, 11) is 1.65. The van der Waals surface area contributed by atoms with Gasteiger partial charge in [-0.1, -0.05) is 25.3 Å². The Bertz CT molecular complexity index is 1020. The van der Waals surface area contributed by atoms with Crippen LogP contribution in [0.3, 0.4) is 0 Å². The third kappa shape index (κ3) is 3.48. The molecule has 0 amide bonds. The first-order chi connectivity index (χ1) is 12.1. The summed E-state index contributed by atoms with van der Waals surface area (Å²) in [5, 5.41) is 1.50. The largest absolute Gasteiger partial charge is 0.497 e. The maximum Gasteiger partial charge on any atom is 0.178 e. The maximum absolute atomic E-state index is 5.22. The van der Waals surface area contributed by atoms with Gasteiger partial charge in [0.1, 0.15) is 11.4 Å². The normalized spacial score (nSPS) is 11.4. The molecule has 0 spiro atoms. The lowest BCUT2D eigenvalue weighted by atomic mass is 10.1. The lowest BCUT2D eigenvalue weighted by Crippen LogP contribution is -2.28. The minimum Gasteiger partial charge on any atom is -0.497 e. The van der Waals surface area contributed by atoms with Gasteiger partial charge in [0.25, 0.3) is 0 Å². The molecule has 0 bridgehead atoms. The molecule has 2 heterocycles. The molecule has 0 aliphatic carbocycles. The lowest BCUT2D eigenvalue weighted by Gasteiger charge is -2.08. The predicted octanol–water partition coefficient (Wildman–Crippen LogP) is 2.90. The molecule has 3 rings (SSSR count). The number of aromatic nitrogens is 3. The summed E-state index contributed by atoms with van der Waals surface area (Å²) in [6, 6.07) is 11.8. The van der Waals surface area contributed by atoms with Crippen LogP contribution >= 0.6 is 0 Å². The molecule has 0 atom stereocenters. The molecule has 4 heteroatoms. The first-order valence-corrected chi connectivity index (χ1v) is 7.89. The highest BCUT2D eigenvalue weighted by molar-refractivity contribution is 5.67. The standard InChI is InChI=1S/C21H19N3O/c1-5-6-18-15(3)13-22-21(24-18)19-12-7-14(2)20(23-19)16-8-10-17(25-4)11-9-16/h5-13H,1,3H2,2,4H3/b18-6+. The predicted molar refractivity (Wildman–Crippen MR) is 101 cm³/mol. The summed E-state index contributed by atoms with van der Waals surface area (Å²) in [4.78, 5) is 13.7. The van der Waals surface area contributed by atoms with Gasteiger partial charge in [-0.3, -0.25) is 0 Å². The zero-order valence-electron chi connectivity index (χ0n) is 14.4. The molecule has 3 aromatic rings. The van der Waals surface area contributed by atoms with Crippen molar-refractivity contribution in [2.45, 2.75) is 6.92 Å². The summed E-state index contributed by atoms with van der Waals surface area (Å²) < 4.78 is 5.22. The lowest BCUT2D eigenvalue weighted by molar-refractivity contribution is 0.415. The van der Waals surface area contributed by atoms with Crippen molar-refractivity contribution in [2.24, 2.45) is 0 Å². The molecule has 0 fully saturated rings. The average molecular weight is 329 g/mol. The Labute approximate surface area is 146 Å². The Balaban J connectivity index is 2.10. The Hall–Kier alpha value is -3.27. The Kier molecular flexibility index (Phi) is 4.70. The number of hydrogen-bond donors (Lipinski definition) is 0. The van der Waals surface area contributed by atoms with Gasteiger partial charge < -0.3 is 4.74 Å². The maximum atomic E-state index is 5.22. The number of nitrogens with zero attached hydrogens (tertiary/aromatic N) is 3. The molecule has 0 saturated heterocycles. The van der Waals surface area contributed by atoms with Crippen molar-refractivity contribution < 1.29 is 4.74 Å². The summed E-state index contributed by atoms with van der Waals surface area (Å²) in [6.45, 7) is 9.68. The van der Waals surface area contributed by atoms with Gasteiger partial charge in [0.05, 0.1) is 18.2 Å². The van der Waals surface area contributed by atoms with Crippen LogP contribution in [0.1, 0.15) is 5.56 Å². The van der Waals surface area contributed by atoms with Crippen LogP contribution in [0.5, 0.6) is 5.75 Å². The highest BCUT2D eigenvalue weighted by Crippen LogP contribution is 2.25. The van der Waals surface area contributed by atoms with Crippen LogP contribution in [0.2, 0.25) is 0 Å². The highest BCUT2D eigenvalue weighted by atomic mass is 16.5. The van der Waals surface area contributed by atoms with Gasteiger partial charge in [-0.15, -0.1) is 0 Å². The van der Waals surface area contributed by atoms with E-state index in [0.717, 1.165) is 38.8 Å². The van der Waals surface area contributed by atoms with E-state index in [1.807, 2.05) is 49.4 Å². The van der Waals surface area contributed by atoms with E-state index in [1.165, 1.54) is 0 Å². The third-order valence-electron chi connectivity index (χ3n) is 3.86. The highest BCUT2D eigenvalue weighted by Gasteiger charge is 2.09. The van der Waals surface area contributed by atoms with Gasteiger partial charge in [-0.05, 0) is 48.9 Å². The molecule has 0 unspecified atom stereocenters. The number of benzene rings is 1. The second-order valence-electron chi connectivity index (χ2n) is 5.60. The molecule has 1 aromatic carbocycles. The second-order valence-corrected chi connectivity index (χ2v) is 5.60. The van der Waals surface area contributed by atoms with E-state index in [9.17, 15) is 0 Å². The molecule has 2 aromatic heterocycles. The van der Waals surface area contributed by atoms with Gasteiger partial charge in [0.2, 0.25) is 0 Å². The summed E-state index contributed by atoms with van der Waals surface area (Å²) in [5.41, 5.74) is 3.72. The van der Waals surface area contributed by atoms with E-state index in [-0.39, 0.29) is 0 Å². The van der Waals surface area contributed by atoms with Gasteiger partial charge in [0.15, 0.2) is 5.82 Å². The minimum absolute atomic E-state index is 0.565. The van der Waals surface area contributed by atoms with E-state index >= 15 is 0 Å². The van der Waals surface area contributed by atoms with Crippen molar-refractivity contribution in [1.29, 1.82) is 0 Å². The van der Waals surface area contributed by atoms with Gasteiger partial charge in [-0.25, -0.2) is 15.0 Å². The Morgan fingerprint density at radius 1 is 1.04 bits per heavy atom. The second kappa shape index (κ2) is 7.09. The number of hydrogen-bond acceptors (Lipinski definition) is 4. The number of aryl methyl sites for hydroxylation is 1. The number of rotatable bonds is 4. The fourth-order valence-electron chi connectivity index (χ4n) is 2.49. The van der Waals surface area contributed by atoms with E-state index < -0.39 is 0 Å². The molecule has 124 valence electrons. The van der Waals surface area contributed by atoms with Crippen LogP contribution in [0.25, 0.3) is 35.4 Å². The monoisotopic (exact) mass is 329 g/mol. The van der Waals surface area contributed by atoms with Crippen LogP contribution in [0.4, 0.5) is 0 Å². The van der Waals surface area contributed by atoms with Crippen molar-refractivity contribution in [2.75, 3.05) is 7.11 Å². The van der Waals surface area contributed by atoms with Crippen LogP contribution < -0.4 is 15.3 Å². The fraction of sp³-hybridized carbons (Fsp3) is 0.0952. The van der Waals surface area contributed by atoms with Gasteiger partial charge in [-0.2, -0.15) is 0 Å². The van der Waals surface area contributed by atoms with Crippen LogP contribution in [-0.4, -0.2) is 22.1 Å². The fourth-order valence-corrected chi connectivity index (χ4v) is 2.49. The first-order valence-electron chi connectivity index (χ1n) is 7.89. The molecule has 4 nitrogen and oxygen atoms in total. The number of allylic oxidation sites excluding steroid dienone is 1. The molecule has 0 aliphatic rings. The molecular weight excluding hydrogens is 310 g/mol. The van der Waals surface area contributed by atoms with Crippen molar-refractivity contribution in [3.05, 3.63) is 71.4 Å². The van der Waals surface area contributed by atoms with E-state index in [4.69, 9.17) is 9.72 Å². The van der Waals surface area contributed by atoms with Gasteiger partial charge in [0, 0.05) is 17.0 Å². The molecule has 25 heavy (non-hydrogen) atoms. The zero-order chi connectivity index (χ0) is 17.8. The van der Waals surface area contributed by atoms with Crippen molar-refractivity contribution in [3.63, 3.8) is 0 Å². The molecular formula is C21H19N3O. The first kappa shape index (κ1) is 16.6. The average Bonchev–Trinajstić information content (AvgIpc) is 2.64. The summed E-state index contributed by atoms with van der Waals surface area (Å²) in [5.74, 6) is 1.38. The van der Waals surface area contributed by atoms with E-state index in [0.29, 0.717) is 5.82 Å². The SMILES string of the molecule is C=C/C=c1/nc(-c2ccc(C)c(-c3ccc(OC)cc3)n2)ncc1=C. The van der Waals surface area contributed by atoms with Crippen LogP contribution in [0.15, 0.2) is 55.3 Å². The van der Waals surface area contributed by atoms with Gasteiger partial charge >= 0.3 is 0 Å². The Morgan fingerprint density at radius 2 is 1.80 bits per heavy atom. The summed E-state index contributed by atoms with van der Waals surface area (Å²) >= 11 is 0. The van der Waals surface area contributed by atoms with E-state index in [2.05, 4.69) is 23.1 Å². The van der Waals surface area contributed by atoms with Crippen molar-refractivity contribution >= 4 is 12.7 Å². The van der Waals surface area contributed by atoms with Crippen molar-refractivity contribution in [3.8, 4) is 28.5 Å². The van der Waals surface area contributed by atoms with E-state index in [1.54, 1.807) is 19.4 Å². The third-order valence-corrected chi connectivity index (χ3v) is 3.86. The van der Waals surface area contributed by atoms with Crippen molar-refractivity contribution in [1.82, 2.24) is 15.0 Å². The molecule has 0 saturated carbocycles. The smallest absolute Gasteiger partial charge is 0.178 e. The van der Waals surface area contributed by atoms with Crippen LogP contribution in [0, 0.1) is 6.92 Å². The molecule has 0 aliphatic heterocycles. The molecule has 0 N–H and O–H groups in total. The zero-order valence-corrected chi connectivity index (χ0v) is 14.4. The van der Waals surface area contributed by atoms with Crippen LogP contribution in [-0.2, 0) is 0 Å². The number of pyridine rings is 1. The Morgan fingerprint density at radius 3 is 2.48 bits per heavy atom. The molecule has 0 radical (unpaired) electrons. The number of methoxy groups -OCH3 is 1. The summed E-state index contributed by atoms with van der Waals surface area (Å²) in [6.07, 6.45) is 5.20. The quantitative estimate of drug-likeness (QED) is 0.738.